The first-order chi connectivity index (χ1) is 14.8. The van der Waals surface area contributed by atoms with Gasteiger partial charge < -0.3 is 16.0 Å². The number of nitrogens with two attached hydrogens (primary N) is 1. The normalized spacial score (nSPS) is 15.5. The maximum atomic E-state index is 14.1. The van der Waals surface area contributed by atoms with Gasteiger partial charge in [0.15, 0.2) is 0 Å². The zero-order chi connectivity index (χ0) is 22.4. The van der Waals surface area contributed by atoms with Gasteiger partial charge in [-0.3, -0.25) is 9.59 Å². The number of carbonyl (C=O) groups excluding carboxylic acids is 2. The number of primary amides is 1. The number of hydrogen-bond donors (Lipinski definition) is 2. The first-order valence-electron chi connectivity index (χ1n) is 10.9. The van der Waals surface area contributed by atoms with Crippen molar-refractivity contribution in [2.75, 3.05) is 20.6 Å². The monoisotopic (exact) mass is 425 g/mol. The molecule has 3 rings (SSSR count). The van der Waals surface area contributed by atoms with Gasteiger partial charge in [0.25, 0.3) is 5.91 Å². The number of nitrogens with zero attached hydrogens (tertiary/aromatic N) is 1. The van der Waals surface area contributed by atoms with E-state index in [1.54, 1.807) is 6.07 Å². The summed E-state index contributed by atoms with van der Waals surface area (Å²) in [5.74, 6) is -0.374. The molecule has 5 nitrogen and oxygen atoms in total. The molecule has 6 heteroatoms. The molecular weight excluding hydrogens is 393 g/mol. The summed E-state index contributed by atoms with van der Waals surface area (Å²) in [7, 11) is 3.87. The van der Waals surface area contributed by atoms with Crippen molar-refractivity contribution < 1.29 is 14.0 Å². The lowest BCUT2D eigenvalue weighted by Crippen LogP contribution is -2.42. The van der Waals surface area contributed by atoms with Gasteiger partial charge in [0.1, 0.15) is 5.82 Å². The molecular formula is C25H32FN3O2. The highest BCUT2D eigenvalue weighted by Gasteiger charge is 2.28. The average molecular weight is 426 g/mol. The van der Waals surface area contributed by atoms with Crippen molar-refractivity contribution in [2.45, 2.75) is 44.1 Å². The summed E-state index contributed by atoms with van der Waals surface area (Å²) < 4.78 is 14.1. The van der Waals surface area contributed by atoms with Crippen molar-refractivity contribution in [2.24, 2.45) is 11.7 Å². The first kappa shape index (κ1) is 22.9. The van der Waals surface area contributed by atoms with Gasteiger partial charge >= 0.3 is 0 Å². The van der Waals surface area contributed by atoms with Gasteiger partial charge in [0.2, 0.25) is 5.91 Å². The van der Waals surface area contributed by atoms with Crippen molar-refractivity contribution in [1.29, 1.82) is 0 Å². The van der Waals surface area contributed by atoms with E-state index in [0.29, 0.717) is 19.4 Å². The molecule has 2 aromatic rings. The van der Waals surface area contributed by atoms with E-state index in [4.69, 9.17) is 5.73 Å². The van der Waals surface area contributed by atoms with Crippen molar-refractivity contribution in [3.05, 3.63) is 71.0 Å². The van der Waals surface area contributed by atoms with Gasteiger partial charge in [-0.15, -0.1) is 0 Å². The Labute approximate surface area is 183 Å². The van der Waals surface area contributed by atoms with Crippen LogP contribution >= 0.6 is 0 Å². The highest BCUT2D eigenvalue weighted by atomic mass is 19.1. The molecule has 2 amide bonds. The van der Waals surface area contributed by atoms with E-state index >= 15 is 0 Å². The highest BCUT2D eigenvalue weighted by Crippen LogP contribution is 2.39. The number of likely N-dealkylation sites (N-methyl/N-ethyl adjacent to an activating group) is 1. The lowest BCUT2D eigenvalue weighted by atomic mass is 9.90. The van der Waals surface area contributed by atoms with E-state index in [1.165, 1.54) is 30.5 Å². The van der Waals surface area contributed by atoms with E-state index in [9.17, 15) is 14.0 Å². The topological polar surface area (TPSA) is 75.4 Å². The summed E-state index contributed by atoms with van der Waals surface area (Å²) >= 11 is 0. The Hall–Kier alpha value is -2.73. The summed E-state index contributed by atoms with van der Waals surface area (Å²) in [5, 5.41) is 3.07. The highest BCUT2D eigenvalue weighted by molar-refractivity contribution is 5.93. The van der Waals surface area contributed by atoms with Crippen LogP contribution in [0.25, 0.3) is 0 Å². The minimum atomic E-state index is -0.778. The fraction of sp³-hybridized carbons (Fsp3) is 0.440. The van der Waals surface area contributed by atoms with Crippen molar-refractivity contribution in [3.8, 4) is 0 Å². The predicted molar refractivity (Wildman–Crippen MR) is 120 cm³/mol. The summed E-state index contributed by atoms with van der Waals surface area (Å²) in [6.45, 7) is 0.468. The SMILES string of the molecule is CN(C)[C@H](CNC(=O)C[C@@H](CC1CC1)c1ccccc1)Cc1ccc(C(N)=O)c(F)c1. The molecule has 166 valence electrons. The van der Waals surface area contributed by atoms with Crippen LogP contribution in [0.1, 0.15) is 53.1 Å². The van der Waals surface area contributed by atoms with Crippen molar-refractivity contribution >= 4 is 11.8 Å². The molecule has 2 aromatic carbocycles. The predicted octanol–water partition coefficient (Wildman–Crippen LogP) is 3.49. The Bertz CT molecular complexity index is 897. The minimum absolute atomic E-state index is 0.00128. The van der Waals surface area contributed by atoms with Crippen LogP contribution in [0.4, 0.5) is 4.39 Å². The molecule has 0 spiro atoms. The molecule has 0 heterocycles. The van der Waals surface area contributed by atoms with E-state index < -0.39 is 11.7 Å². The molecule has 0 aromatic heterocycles. The number of hydrogen-bond acceptors (Lipinski definition) is 3. The van der Waals surface area contributed by atoms with Crippen LogP contribution in [0.5, 0.6) is 0 Å². The van der Waals surface area contributed by atoms with Crippen molar-refractivity contribution in [3.63, 3.8) is 0 Å². The second-order valence-corrected chi connectivity index (χ2v) is 8.79. The largest absolute Gasteiger partial charge is 0.366 e. The number of halogens is 1. The van der Waals surface area contributed by atoms with Crippen LogP contribution in [-0.2, 0) is 11.2 Å². The van der Waals surface area contributed by atoms with Gasteiger partial charge in [-0.05, 0) is 62.0 Å². The van der Waals surface area contributed by atoms with E-state index in [-0.39, 0.29) is 23.4 Å². The molecule has 0 radical (unpaired) electrons. The van der Waals surface area contributed by atoms with Gasteiger partial charge in [0.05, 0.1) is 5.56 Å². The lowest BCUT2D eigenvalue weighted by molar-refractivity contribution is -0.121. The number of nitrogens with one attached hydrogen (secondary N) is 1. The summed E-state index contributed by atoms with van der Waals surface area (Å²) in [6, 6.07) is 14.7. The van der Waals surface area contributed by atoms with Crippen LogP contribution in [0.2, 0.25) is 0 Å². The Balaban J connectivity index is 1.58. The van der Waals surface area contributed by atoms with Crippen molar-refractivity contribution in [1.82, 2.24) is 10.2 Å². The average Bonchev–Trinajstić information content (AvgIpc) is 3.55. The van der Waals surface area contributed by atoms with E-state index in [1.807, 2.05) is 37.2 Å². The molecule has 0 bridgehead atoms. The second kappa shape index (κ2) is 10.5. The fourth-order valence-electron chi connectivity index (χ4n) is 3.94. The van der Waals surface area contributed by atoms with Gasteiger partial charge in [-0.1, -0.05) is 49.2 Å². The number of rotatable bonds is 11. The lowest BCUT2D eigenvalue weighted by Gasteiger charge is -2.25. The summed E-state index contributed by atoms with van der Waals surface area (Å²) in [6.07, 6.45) is 4.60. The van der Waals surface area contributed by atoms with Gasteiger partial charge in [-0.25, -0.2) is 4.39 Å². The molecule has 2 atom stereocenters. The third-order valence-electron chi connectivity index (χ3n) is 6.05. The van der Waals surface area contributed by atoms with Gasteiger partial charge in [0, 0.05) is 19.0 Å². The van der Waals surface area contributed by atoms with E-state index in [2.05, 4.69) is 17.4 Å². The smallest absolute Gasteiger partial charge is 0.251 e. The Kier molecular flexibility index (Phi) is 7.80. The standard InChI is InChI=1S/C25H32FN3O2/c1-29(2)21(13-18-10-11-22(25(27)31)23(26)14-18)16-28-24(30)15-20(12-17-8-9-17)19-6-4-3-5-7-19/h3-7,10-11,14,17,20-21H,8-9,12-13,15-16H2,1-2H3,(H2,27,31)(H,28,30)/t20-,21+/m1/s1. The third kappa shape index (κ3) is 6.89. The first-order valence-corrected chi connectivity index (χ1v) is 10.9. The molecule has 31 heavy (non-hydrogen) atoms. The Morgan fingerprint density at radius 2 is 1.87 bits per heavy atom. The molecule has 0 saturated heterocycles. The molecule has 1 aliphatic carbocycles. The number of amides is 2. The molecule has 3 N–H and O–H groups in total. The number of carbonyl (C=O) groups is 2. The Morgan fingerprint density at radius 1 is 1.16 bits per heavy atom. The molecule has 1 saturated carbocycles. The van der Waals surface area contributed by atoms with Crippen LogP contribution in [0.15, 0.2) is 48.5 Å². The molecule has 1 aliphatic rings. The molecule has 0 aliphatic heterocycles. The van der Waals surface area contributed by atoms with Crippen LogP contribution < -0.4 is 11.1 Å². The van der Waals surface area contributed by atoms with Crippen LogP contribution in [0, 0.1) is 11.7 Å². The quantitative estimate of drug-likeness (QED) is 0.579. The summed E-state index contributed by atoms with van der Waals surface area (Å²) in [4.78, 5) is 26.0. The maximum absolute atomic E-state index is 14.1. The molecule has 1 fully saturated rings. The second-order valence-electron chi connectivity index (χ2n) is 8.79. The zero-order valence-corrected chi connectivity index (χ0v) is 18.3. The molecule has 0 unspecified atom stereocenters. The zero-order valence-electron chi connectivity index (χ0n) is 18.3. The fourth-order valence-corrected chi connectivity index (χ4v) is 3.94. The van der Waals surface area contributed by atoms with E-state index in [0.717, 1.165) is 17.9 Å². The van der Waals surface area contributed by atoms with Gasteiger partial charge in [-0.2, -0.15) is 0 Å². The maximum Gasteiger partial charge on any atom is 0.251 e. The number of benzene rings is 2. The Morgan fingerprint density at radius 3 is 2.45 bits per heavy atom. The van der Waals surface area contributed by atoms with Crippen LogP contribution in [0.3, 0.4) is 0 Å². The minimum Gasteiger partial charge on any atom is -0.366 e. The third-order valence-corrected chi connectivity index (χ3v) is 6.05. The summed E-state index contributed by atoms with van der Waals surface area (Å²) in [5.41, 5.74) is 7.04. The van der Waals surface area contributed by atoms with Crippen LogP contribution in [-0.4, -0.2) is 43.4 Å².